The van der Waals surface area contributed by atoms with Gasteiger partial charge in [0.25, 0.3) is 5.91 Å². The zero-order valence-electron chi connectivity index (χ0n) is 12.4. The lowest BCUT2D eigenvalue weighted by Crippen LogP contribution is -2.26. The van der Waals surface area contributed by atoms with Crippen LogP contribution in [0.1, 0.15) is 27.7 Å². The normalized spacial score (nSPS) is 10.5. The maximum atomic E-state index is 12.7. The van der Waals surface area contributed by atoms with Crippen molar-refractivity contribution in [1.82, 2.24) is 4.90 Å². The summed E-state index contributed by atoms with van der Waals surface area (Å²) in [7, 11) is 1.84. The van der Waals surface area contributed by atoms with Crippen LogP contribution in [0.2, 0.25) is 0 Å². The fourth-order valence-corrected chi connectivity index (χ4v) is 3.63. The maximum Gasteiger partial charge on any atom is 0.256 e. The monoisotopic (exact) mass is 366 g/mol. The third kappa shape index (κ3) is 4.08. The second kappa shape index (κ2) is 7.09. The first-order valence-electron chi connectivity index (χ1n) is 6.84. The molecule has 21 heavy (non-hydrogen) atoms. The Morgan fingerprint density at radius 1 is 1.38 bits per heavy atom. The fourth-order valence-electron chi connectivity index (χ4n) is 2.13. The molecule has 0 saturated heterocycles. The number of hydrogen-bond acceptors (Lipinski definition) is 3. The lowest BCUT2D eigenvalue weighted by Gasteiger charge is -2.19. The average molecular weight is 367 g/mol. The van der Waals surface area contributed by atoms with Crippen molar-refractivity contribution in [3.8, 4) is 0 Å². The van der Waals surface area contributed by atoms with Crippen molar-refractivity contribution in [2.45, 2.75) is 20.4 Å². The Labute approximate surface area is 138 Å². The van der Waals surface area contributed by atoms with Crippen molar-refractivity contribution in [2.75, 3.05) is 18.9 Å². The first-order chi connectivity index (χ1) is 10.0. The molecule has 1 heterocycles. The standard InChI is InChI=1S/C16H19BrN2OS/c1-4-18-15-6-5-11(2)7-14(15)16(20)19(3)9-13-8-12(17)10-21-13/h5-8,10,18H,4,9H2,1-3H3. The Morgan fingerprint density at radius 3 is 2.76 bits per heavy atom. The van der Waals surface area contributed by atoms with Crippen LogP contribution in [0.15, 0.2) is 34.1 Å². The van der Waals surface area contributed by atoms with Crippen molar-refractivity contribution in [1.29, 1.82) is 0 Å². The number of halogens is 1. The van der Waals surface area contributed by atoms with Gasteiger partial charge in [0.2, 0.25) is 0 Å². The molecular formula is C16H19BrN2OS. The van der Waals surface area contributed by atoms with Gasteiger partial charge >= 0.3 is 0 Å². The molecule has 1 aromatic heterocycles. The van der Waals surface area contributed by atoms with Crippen LogP contribution < -0.4 is 5.32 Å². The van der Waals surface area contributed by atoms with E-state index in [0.29, 0.717) is 6.54 Å². The van der Waals surface area contributed by atoms with Gasteiger partial charge in [0.05, 0.1) is 12.1 Å². The number of amides is 1. The Balaban J connectivity index is 2.20. The van der Waals surface area contributed by atoms with E-state index in [1.807, 2.05) is 44.5 Å². The van der Waals surface area contributed by atoms with E-state index in [-0.39, 0.29) is 5.91 Å². The van der Waals surface area contributed by atoms with Gasteiger partial charge < -0.3 is 10.2 Å². The van der Waals surface area contributed by atoms with E-state index in [4.69, 9.17) is 0 Å². The van der Waals surface area contributed by atoms with E-state index in [9.17, 15) is 4.79 Å². The highest BCUT2D eigenvalue weighted by Crippen LogP contribution is 2.23. The fraction of sp³-hybridized carbons (Fsp3) is 0.312. The summed E-state index contributed by atoms with van der Waals surface area (Å²) in [5, 5.41) is 5.29. The van der Waals surface area contributed by atoms with Gasteiger partial charge in [0.15, 0.2) is 0 Å². The number of thiophene rings is 1. The lowest BCUT2D eigenvalue weighted by atomic mass is 10.1. The Kier molecular flexibility index (Phi) is 5.42. The van der Waals surface area contributed by atoms with Crippen molar-refractivity contribution in [2.24, 2.45) is 0 Å². The third-order valence-corrected chi connectivity index (χ3v) is 4.82. The quantitative estimate of drug-likeness (QED) is 0.843. The average Bonchev–Trinajstić information content (AvgIpc) is 2.85. The zero-order valence-corrected chi connectivity index (χ0v) is 14.8. The van der Waals surface area contributed by atoms with Gasteiger partial charge in [-0.05, 0) is 48.0 Å². The molecule has 1 amide bonds. The topological polar surface area (TPSA) is 32.3 Å². The number of anilines is 1. The van der Waals surface area contributed by atoms with E-state index in [1.165, 1.54) is 0 Å². The highest BCUT2D eigenvalue weighted by atomic mass is 79.9. The second-order valence-electron chi connectivity index (χ2n) is 4.97. The van der Waals surface area contributed by atoms with Crippen LogP contribution in [0.25, 0.3) is 0 Å². The summed E-state index contributed by atoms with van der Waals surface area (Å²) < 4.78 is 1.06. The van der Waals surface area contributed by atoms with Crippen LogP contribution in [0, 0.1) is 6.92 Å². The number of nitrogens with one attached hydrogen (secondary N) is 1. The molecule has 0 aliphatic heterocycles. The van der Waals surface area contributed by atoms with E-state index in [1.54, 1.807) is 16.2 Å². The van der Waals surface area contributed by atoms with E-state index >= 15 is 0 Å². The van der Waals surface area contributed by atoms with Gasteiger partial charge in [0, 0.05) is 34.0 Å². The van der Waals surface area contributed by atoms with Crippen LogP contribution in [0.5, 0.6) is 0 Å². The van der Waals surface area contributed by atoms with Gasteiger partial charge in [0.1, 0.15) is 0 Å². The van der Waals surface area contributed by atoms with Gasteiger partial charge in [-0.2, -0.15) is 0 Å². The number of hydrogen-bond donors (Lipinski definition) is 1. The predicted octanol–water partition coefficient (Wildman–Crippen LogP) is 4.52. The van der Waals surface area contributed by atoms with E-state index in [0.717, 1.165) is 32.7 Å². The second-order valence-corrected chi connectivity index (χ2v) is 6.88. The number of rotatable bonds is 5. The minimum atomic E-state index is 0.0409. The zero-order chi connectivity index (χ0) is 15.4. The SMILES string of the molecule is CCNc1ccc(C)cc1C(=O)N(C)Cc1cc(Br)cs1. The van der Waals surface area contributed by atoms with Crippen LogP contribution in [0.3, 0.4) is 0 Å². The Hall–Kier alpha value is -1.33. The van der Waals surface area contributed by atoms with Gasteiger partial charge in [-0.3, -0.25) is 4.79 Å². The van der Waals surface area contributed by atoms with E-state index < -0.39 is 0 Å². The summed E-state index contributed by atoms with van der Waals surface area (Å²) in [4.78, 5) is 15.6. The summed E-state index contributed by atoms with van der Waals surface area (Å²) in [6, 6.07) is 7.99. The lowest BCUT2D eigenvalue weighted by molar-refractivity contribution is 0.0787. The van der Waals surface area contributed by atoms with Crippen molar-refractivity contribution < 1.29 is 4.79 Å². The molecule has 1 N–H and O–H groups in total. The Bertz CT molecular complexity index is 639. The Morgan fingerprint density at radius 2 is 2.14 bits per heavy atom. The molecule has 1 aromatic carbocycles. The molecule has 0 atom stereocenters. The molecule has 0 bridgehead atoms. The van der Waals surface area contributed by atoms with E-state index in [2.05, 4.69) is 27.3 Å². The molecule has 112 valence electrons. The molecule has 0 fully saturated rings. The summed E-state index contributed by atoms with van der Waals surface area (Å²) in [6.07, 6.45) is 0. The number of carbonyl (C=O) groups excluding carboxylic acids is 1. The molecule has 0 unspecified atom stereocenters. The molecule has 0 spiro atoms. The summed E-state index contributed by atoms with van der Waals surface area (Å²) in [6.45, 7) is 5.45. The van der Waals surface area contributed by atoms with Crippen LogP contribution >= 0.6 is 27.3 Å². The predicted molar refractivity (Wildman–Crippen MR) is 93.2 cm³/mol. The molecule has 2 aromatic rings. The van der Waals surface area contributed by atoms with Crippen molar-refractivity contribution in [3.05, 3.63) is 50.1 Å². The van der Waals surface area contributed by atoms with Gasteiger partial charge in [-0.25, -0.2) is 0 Å². The van der Waals surface area contributed by atoms with Crippen LogP contribution in [0.4, 0.5) is 5.69 Å². The van der Waals surface area contributed by atoms with Crippen molar-refractivity contribution >= 4 is 38.9 Å². The first-order valence-corrected chi connectivity index (χ1v) is 8.51. The molecule has 0 aliphatic carbocycles. The van der Waals surface area contributed by atoms with Crippen LogP contribution in [-0.4, -0.2) is 24.4 Å². The number of aryl methyl sites for hydroxylation is 1. The molecule has 3 nitrogen and oxygen atoms in total. The van der Waals surface area contributed by atoms with Crippen LogP contribution in [-0.2, 0) is 6.54 Å². The first kappa shape index (κ1) is 16.0. The highest BCUT2D eigenvalue weighted by Gasteiger charge is 2.16. The maximum absolute atomic E-state index is 12.7. The van der Waals surface area contributed by atoms with Crippen molar-refractivity contribution in [3.63, 3.8) is 0 Å². The van der Waals surface area contributed by atoms with Gasteiger partial charge in [-0.1, -0.05) is 11.6 Å². The number of benzene rings is 1. The summed E-state index contributed by atoms with van der Waals surface area (Å²) in [5.41, 5.74) is 2.72. The molecule has 2 rings (SSSR count). The smallest absolute Gasteiger partial charge is 0.256 e. The molecule has 0 saturated carbocycles. The van der Waals surface area contributed by atoms with Gasteiger partial charge in [-0.15, -0.1) is 11.3 Å². The number of carbonyl (C=O) groups is 1. The largest absolute Gasteiger partial charge is 0.385 e. The molecule has 5 heteroatoms. The minimum Gasteiger partial charge on any atom is -0.385 e. The number of nitrogens with zero attached hydrogens (tertiary/aromatic N) is 1. The molecular weight excluding hydrogens is 348 g/mol. The molecule has 0 radical (unpaired) electrons. The summed E-state index contributed by atoms with van der Waals surface area (Å²) in [5.74, 6) is 0.0409. The third-order valence-electron chi connectivity index (χ3n) is 3.13. The highest BCUT2D eigenvalue weighted by molar-refractivity contribution is 9.10. The minimum absolute atomic E-state index is 0.0409. The molecule has 0 aliphatic rings. The summed E-state index contributed by atoms with van der Waals surface area (Å²) >= 11 is 5.09.